The Kier molecular flexibility index (Phi) is 4.80. The maximum absolute atomic E-state index is 10.5. The van der Waals surface area contributed by atoms with Crippen LogP contribution in [0.1, 0.15) is 20.8 Å². The van der Waals surface area contributed by atoms with Gasteiger partial charge < -0.3 is 15.0 Å². The largest absolute Gasteiger partial charge is 0.390 e. The molecule has 0 saturated heterocycles. The van der Waals surface area contributed by atoms with Crippen LogP contribution >= 0.6 is 23.2 Å². The van der Waals surface area contributed by atoms with E-state index in [0.29, 0.717) is 23.1 Å². The summed E-state index contributed by atoms with van der Waals surface area (Å²) in [5, 5.41) is 17.3. The van der Waals surface area contributed by atoms with Gasteiger partial charge in [0.2, 0.25) is 0 Å². The van der Waals surface area contributed by atoms with E-state index in [2.05, 4.69) is 30.7 Å². The first-order valence-corrected chi connectivity index (χ1v) is 8.80. The molecule has 0 fully saturated rings. The number of halogens is 2. The lowest BCUT2D eigenvalue weighted by molar-refractivity contribution is 0.144. The molecule has 1 atom stereocenters. The van der Waals surface area contributed by atoms with E-state index in [-0.39, 0.29) is 5.54 Å². The smallest absolute Gasteiger partial charge is 0.0843 e. The highest BCUT2D eigenvalue weighted by atomic mass is 35.5. The lowest BCUT2D eigenvalue weighted by Crippen LogP contribution is -2.42. The van der Waals surface area contributed by atoms with Gasteiger partial charge in [-0.3, -0.25) is 0 Å². The molecule has 2 aromatic carbocycles. The van der Waals surface area contributed by atoms with Crippen molar-refractivity contribution in [3.63, 3.8) is 0 Å². The first-order valence-electron chi connectivity index (χ1n) is 8.05. The Balaban J connectivity index is 2.02. The van der Waals surface area contributed by atoms with Gasteiger partial charge in [-0.1, -0.05) is 23.2 Å². The third kappa shape index (κ3) is 3.70. The predicted octanol–water partition coefficient (Wildman–Crippen LogP) is 4.85. The summed E-state index contributed by atoms with van der Waals surface area (Å²) in [6.07, 6.45) is -0.491. The number of hydrogen-bond acceptors (Lipinski definition) is 2. The van der Waals surface area contributed by atoms with Gasteiger partial charge in [0.25, 0.3) is 0 Å². The summed E-state index contributed by atoms with van der Waals surface area (Å²) in [5.41, 5.74) is 2.07. The Morgan fingerprint density at radius 1 is 1.00 bits per heavy atom. The van der Waals surface area contributed by atoms with Crippen molar-refractivity contribution in [1.82, 2.24) is 9.88 Å². The normalized spacial score (nSPS) is 13.8. The maximum atomic E-state index is 10.5. The van der Waals surface area contributed by atoms with E-state index in [1.807, 2.05) is 36.4 Å². The molecule has 0 aliphatic carbocycles. The van der Waals surface area contributed by atoms with Gasteiger partial charge in [-0.05, 0) is 57.2 Å². The fraction of sp³-hybridized carbons (Fsp3) is 0.368. The zero-order chi connectivity index (χ0) is 17.5. The van der Waals surface area contributed by atoms with E-state index in [1.54, 1.807) is 0 Å². The van der Waals surface area contributed by atoms with Crippen LogP contribution in [-0.4, -0.2) is 27.9 Å². The first-order chi connectivity index (χ1) is 11.2. The molecule has 0 amide bonds. The Labute approximate surface area is 152 Å². The lowest BCUT2D eigenvalue weighted by atomic mass is 10.1. The van der Waals surface area contributed by atoms with E-state index in [4.69, 9.17) is 23.2 Å². The van der Waals surface area contributed by atoms with Crippen LogP contribution in [0.4, 0.5) is 0 Å². The molecule has 1 heterocycles. The van der Waals surface area contributed by atoms with Crippen molar-refractivity contribution < 1.29 is 5.11 Å². The maximum Gasteiger partial charge on any atom is 0.0843 e. The van der Waals surface area contributed by atoms with Gasteiger partial charge in [-0.2, -0.15) is 0 Å². The van der Waals surface area contributed by atoms with Gasteiger partial charge >= 0.3 is 0 Å². The highest BCUT2D eigenvalue weighted by Crippen LogP contribution is 2.33. The minimum Gasteiger partial charge on any atom is -0.390 e. The zero-order valence-corrected chi connectivity index (χ0v) is 15.6. The lowest BCUT2D eigenvalue weighted by Gasteiger charge is -2.23. The van der Waals surface area contributed by atoms with E-state index in [9.17, 15) is 5.11 Å². The molecule has 0 aliphatic rings. The SMILES string of the molecule is CC(C)(C)NC[C@@H](O)Cn1c2ccc(Cl)cc2c2cc(Cl)ccc21. The highest BCUT2D eigenvalue weighted by molar-refractivity contribution is 6.33. The standard InChI is InChI=1S/C19H22Cl2N2O/c1-19(2,3)22-10-14(24)11-23-17-6-4-12(20)8-15(17)16-9-13(21)5-7-18(16)23/h4-9,14,22,24H,10-11H2,1-3H3/t14-/m1/s1. The number of aliphatic hydroxyl groups excluding tert-OH is 1. The number of hydrogen-bond donors (Lipinski definition) is 2. The summed E-state index contributed by atoms with van der Waals surface area (Å²) >= 11 is 12.3. The molecule has 1 aromatic heterocycles. The van der Waals surface area contributed by atoms with Gasteiger partial charge in [0.1, 0.15) is 0 Å². The molecule has 5 heteroatoms. The predicted molar refractivity (Wildman–Crippen MR) is 103 cm³/mol. The Morgan fingerprint density at radius 3 is 1.96 bits per heavy atom. The second kappa shape index (κ2) is 6.57. The molecule has 3 aromatic rings. The zero-order valence-electron chi connectivity index (χ0n) is 14.1. The molecule has 0 radical (unpaired) electrons. The number of fused-ring (bicyclic) bond motifs is 3. The second-order valence-corrected chi connectivity index (χ2v) is 8.09. The van der Waals surface area contributed by atoms with Crippen LogP contribution < -0.4 is 5.32 Å². The minimum absolute atomic E-state index is 0.0249. The van der Waals surface area contributed by atoms with Crippen molar-refractivity contribution in [2.45, 2.75) is 39.0 Å². The summed E-state index contributed by atoms with van der Waals surface area (Å²) in [5.74, 6) is 0. The monoisotopic (exact) mass is 364 g/mol. The molecule has 0 unspecified atom stereocenters. The number of nitrogens with one attached hydrogen (secondary N) is 1. The summed E-state index contributed by atoms with van der Waals surface area (Å²) in [4.78, 5) is 0. The van der Waals surface area contributed by atoms with E-state index in [0.717, 1.165) is 21.8 Å². The van der Waals surface area contributed by atoms with Crippen molar-refractivity contribution in [3.8, 4) is 0 Å². The molecule has 0 aliphatic heterocycles. The van der Waals surface area contributed by atoms with Crippen LogP contribution in [0.2, 0.25) is 10.0 Å². The second-order valence-electron chi connectivity index (χ2n) is 7.22. The molecular formula is C19H22Cl2N2O. The molecular weight excluding hydrogens is 343 g/mol. The number of β-amino-alcohol motifs (C(OH)–C–C–N with tert-alkyl or cyclic N) is 1. The number of rotatable bonds is 4. The van der Waals surface area contributed by atoms with Gasteiger partial charge in [-0.25, -0.2) is 0 Å². The van der Waals surface area contributed by atoms with Gasteiger partial charge in [0.15, 0.2) is 0 Å². The average molecular weight is 365 g/mol. The van der Waals surface area contributed by atoms with Crippen LogP contribution in [0.25, 0.3) is 21.8 Å². The molecule has 24 heavy (non-hydrogen) atoms. The number of nitrogens with zero attached hydrogens (tertiary/aromatic N) is 1. The van der Waals surface area contributed by atoms with E-state index >= 15 is 0 Å². The van der Waals surface area contributed by atoms with E-state index < -0.39 is 6.10 Å². The van der Waals surface area contributed by atoms with Crippen molar-refractivity contribution in [3.05, 3.63) is 46.4 Å². The van der Waals surface area contributed by atoms with Gasteiger partial charge in [-0.15, -0.1) is 0 Å². The van der Waals surface area contributed by atoms with Crippen molar-refractivity contribution in [2.75, 3.05) is 6.54 Å². The summed E-state index contributed by atoms with van der Waals surface area (Å²) < 4.78 is 2.13. The quantitative estimate of drug-likeness (QED) is 0.694. The summed E-state index contributed by atoms with van der Waals surface area (Å²) in [6, 6.07) is 11.6. The van der Waals surface area contributed by atoms with Crippen molar-refractivity contribution in [1.29, 1.82) is 0 Å². The summed E-state index contributed by atoms with van der Waals surface area (Å²) in [7, 11) is 0. The van der Waals surface area contributed by atoms with Crippen LogP contribution in [0, 0.1) is 0 Å². The highest BCUT2D eigenvalue weighted by Gasteiger charge is 2.16. The molecule has 2 N–H and O–H groups in total. The Bertz CT molecular complexity index is 821. The first kappa shape index (κ1) is 17.6. The Hall–Kier alpha value is -1.26. The molecule has 0 saturated carbocycles. The number of aliphatic hydroxyl groups is 1. The van der Waals surface area contributed by atoms with Gasteiger partial charge in [0, 0.05) is 43.9 Å². The number of benzene rings is 2. The fourth-order valence-electron chi connectivity index (χ4n) is 2.94. The molecule has 0 bridgehead atoms. The van der Waals surface area contributed by atoms with Crippen LogP contribution in [0.3, 0.4) is 0 Å². The van der Waals surface area contributed by atoms with Crippen LogP contribution in [0.5, 0.6) is 0 Å². The van der Waals surface area contributed by atoms with Crippen LogP contribution in [0.15, 0.2) is 36.4 Å². The van der Waals surface area contributed by atoms with Crippen molar-refractivity contribution in [2.24, 2.45) is 0 Å². The van der Waals surface area contributed by atoms with Gasteiger partial charge in [0.05, 0.1) is 12.6 Å². The van der Waals surface area contributed by atoms with Crippen LogP contribution in [-0.2, 0) is 6.54 Å². The Morgan fingerprint density at radius 2 is 1.50 bits per heavy atom. The number of aromatic nitrogens is 1. The molecule has 0 spiro atoms. The average Bonchev–Trinajstić information content (AvgIpc) is 2.78. The topological polar surface area (TPSA) is 37.2 Å². The fourth-order valence-corrected chi connectivity index (χ4v) is 3.29. The molecule has 3 nitrogen and oxygen atoms in total. The third-order valence-corrected chi connectivity index (χ3v) is 4.52. The van der Waals surface area contributed by atoms with Crippen molar-refractivity contribution >= 4 is 45.0 Å². The molecule has 3 rings (SSSR count). The third-order valence-electron chi connectivity index (χ3n) is 4.05. The minimum atomic E-state index is -0.491. The van der Waals surface area contributed by atoms with E-state index in [1.165, 1.54) is 0 Å². The summed E-state index contributed by atoms with van der Waals surface area (Å²) in [6.45, 7) is 7.30. The molecule has 128 valence electrons.